The Bertz CT molecular complexity index is 216. The van der Waals surface area contributed by atoms with Crippen molar-refractivity contribution >= 4 is 26.6 Å². The maximum absolute atomic E-state index is 5.31. The molecule has 3 radical (unpaired) electrons. The molecule has 1 aromatic heterocycles. The van der Waals surface area contributed by atoms with Gasteiger partial charge in [0.25, 0.3) is 0 Å². The Morgan fingerprint density at radius 2 is 2.40 bits per heavy atom. The molecule has 0 N–H and O–H groups in total. The molecule has 3 nitrogen and oxygen atoms in total. The molecule has 1 rings (SSSR count). The van der Waals surface area contributed by atoms with Crippen LogP contribution in [0.15, 0.2) is 6.33 Å². The van der Waals surface area contributed by atoms with Crippen LogP contribution in [-0.4, -0.2) is 30.1 Å². The fourth-order valence-corrected chi connectivity index (χ4v) is 0.603. The third-order valence-electron chi connectivity index (χ3n) is 0.996. The lowest BCUT2D eigenvalue weighted by atomic mass is 9.74. The molecule has 0 saturated heterocycles. The van der Waals surface area contributed by atoms with Gasteiger partial charge in [0.05, 0.1) is 11.4 Å². The van der Waals surface area contributed by atoms with E-state index in [-0.39, 0.29) is 5.72 Å². The summed E-state index contributed by atoms with van der Waals surface area (Å²) in [7, 11) is 7.19. The van der Waals surface area contributed by atoms with E-state index in [0.29, 0.717) is 5.72 Å². The molecule has 0 unspecified atom stereocenters. The molecule has 1 aromatic rings. The third-order valence-corrected chi connectivity index (χ3v) is 0.996. The molecule has 0 spiro atoms. The van der Waals surface area contributed by atoms with Crippen LogP contribution in [0.1, 0.15) is 6.92 Å². The predicted octanol–water partition coefficient (Wildman–Crippen LogP) is -1.57. The summed E-state index contributed by atoms with van der Waals surface area (Å²) in [5.41, 5.74) is 0.921. The van der Waals surface area contributed by atoms with E-state index in [1.165, 1.54) is 6.33 Å². The second-order valence-corrected chi connectivity index (χ2v) is 1.81. The van der Waals surface area contributed by atoms with E-state index >= 15 is 0 Å². The highest BCUT2D eigenvalue weighted by Crippen LogP contribution is 1.68. The molecule has 1 heterocycles. The molecule has 0 atom stereocenters. The number of aromatic nitrogens is 3. The topological polar surface area (TPSA) is 38.7 Å². The zero-order chi connectivity index (χ0) is 7.40. The minimum atomic E-state index is 0.273. The van der Waals surface area contributed by atoms with E-state index in [1.807, 2.05) is 14.2 Å². The first-order valence-corrected chi connectivity index (χ1v) is 3.10. The minimum Gasteiger partial charge on any atom is -0.242 e. The highest BCUT2D eigenvalue weighted by molar-refractivity contribution is 6.51. The van der Waals surface area contributed by atoms with Crippen LogP contribution in [0.25, 0.3) is 0 Å². The summed E-state index contributed by atoms with van der Waals surface area (Å²) in [6, 6.07) is 0. The second-order valence-electron chi connectivity index (χ2n) is 1.81. The Morgan fingerprint density at radius 3 is 3.00 bits per heavy atom. The first-order valence-electron chi connectivity index (χ1n) is 3.10. The van der Waals surface area contributed by atoms with Crippen molar-refractivity contribution in [3.63, 3.8) is 0 Å². The minimum absolute atomic E-state index is 0.273. The summed E-state index contributed by atoms with van der Waals surface area (Å²) >= 11 is 0. The molecule has 0 amide bonds. The van der Waals surface area contributed by atoms with Crippen LogP contribution >= 0.6 is 0 Å². The van der Waals surface area contributed by atoms with Crippen molar-refractivity contribution in [1.82, 2.24) is 15.0 Å². The summed E-state index contributed by atoms with van der Waals surface area (Å²) < 4.78 is 0. The highest BCUT2D eigenvalue weighted by atomic mass is 15.0. The molecule has 0 saturated carbocycles. The van der Waals surface area contributed by atoms with Gasteiger partial charge in [-0.1, -0.05) is 13.2 Å². The van der Waals surface area contributed by atoms with Gasteiger partial charge in [0.1, 0.15) is 6.33 Å². The monoisotopic (exact) mass is 130 g/mol. The van der Waals surface area contributed by atoms with Gasteiger partial charge in [-0.15, -0.1) is 0 Å². The van der Waals surface area contributed by atoms with E-state index in [1.54, 1.807) is 0 Å². The van der Waals surface area contributed by atoms with Crippen molar-refractivity contribution in [3.8, 4) is 0 Å². The van der Waals surface area contributed by atoms with Gasteiger partial charge in [0.15, 0.2) is 7.85 Å². The molecular weight excluding hydrogens is 124 g/mol. The van der Waals surface area contributed by atoms with Gasteiger partial charge < -0.3 is 0 Å². The molecule has 10 heavy (non-hydrogen) atoms. The first-order chi connectivity index (χ1) is 4.83. The Balaban J connectivity index is 2.75. The van der Waals surface area contributed by atoms with E-state index in [0.717, 1.165) is 6.32 Å². The summed E-state index contributed by atoms with van der Waals surface area (Å²) in [4.78, 5) is 11.4. The molecule has 0 aliphatic heterocycles. The fourth-order valence-electron chi connectivity index (χ4n) is 0.603. The van der Waals surface area contributed by atoms with Crippen LogP contribution < -0.4 is 11.4 Å². The Labute approximate surface area is 62.0 Å². The lowest BCUT2D eigenvalue weighted by Crippen LogP contribution is -2.30. The Kier molecular flexibility index (Phi) is 2.42. The molecule has 0 aromatic carbocycles. The van der Waals surface area contributed by atoms with Crippen LogP contribution in [-0.2, 0) is 0 Å². The van der Waals surface area contributed by atoms with Crippen LogP contribution in [0.4, 0.5) is 0 Å². The Hall–Kier alpha value is -0.860. The van der Waals surface area contributed by atoms with Gasteiger partial charge in [-0.25, -0.2) is 15.0 Å². The fraction of sp³-hybridized carbons (Fsp3) is 0.400. The summed E-state index contributed by atoms with van der Waals surface area (Å²) in [5.74, 6) is 0. The van der Waals surface area contributed by atoms with E-state index < -0.39 is 0 Å². The molecule has 0 aliphatic carbocycles. The predicted molar refractivity (Wildman–Crippen MR) is 41.1 cm³/mol. The van der Waals surface area contributed by atoms with Crippen molar-refractivity contribution in [1.29, 1.82) is 0 Å². The van der Waals surface area contributed by atoms with E-state index in [4.69, 9.17) is 7.85 Å². The van der Waals surface area contributed by atoms with Gasteiger partial charge in [-0.2, -0.15) is 0 Å². The molecule has 47 valence electrons. The zero-order valence-electron chi connectivity index (χ0n) is 5.78. The van der Waals surface area contributed by atoms with Crippen molar-refractivity contribution in [2.45, 2.75) is 13.2 Å². The summed E-state index contributed by atoms with van der Waals surface area (Å²) in [6.45, 7) is 2.01. The van der Waals surface area contributed by atoms with Crippen molar-refractivity contribution < 1.29 is 0 Å². The molecule has 0 aliphatic rings. The maximum atomic E-state index is 5.31. The molecule has 5 heteroatoms. The largest absolute Gasteiger partial charge is 0.242 e. The van der Waals surface area contributed by atoms with Crippen molar-refractivity contribution in [3.05, 3.63) is 6.33 Å². The van der Waals surface area contributed by atoms with Gasteiger partial charge in [-0.3, -0.25) is 0 Å². The molecular formula is C5H6B2N3. The van der Waals surface area contributed by atoms with Crippen LogP contribution in [0, 0.1) is 0 Å². The lowest BCUT2D eigenvalue weighted by Gasteiger charge is -1.94. The first kappa shape index (κ1) is 7.25. The van der Waals surface area contributed by atoms with Gasteiger partial charge in [0, 0.05) is 0 Å². The molecule has 0 bridgehead atoms. The zero-order valence-corrected chi connectivity index (χ0v) is 5.78. The average molecular weight is 130 g/mol. The summed E-state index contributed by atoms with van der Waals surface area (Å²) in [6.07, 6.45) is 2.31. The molecule has 0 fully saturated rings. The smallest absolute Gasteiger partial charge is 0.204 e. The Morgan fingerprint density at radius 1 is 1.60 bits per heavy atom. The average Bonchev–Trinajstić information content (AvgIpc) is 1.88. The van der Waals surface area contributed by atoms with Crippen LogP contribution in [0.2, 0.25) is 6.32 Å². The van der Waals surface area contributed by atoms with Gasteiger partial charge >= 0.3 is 0 Å². The maximum Gasteiger partial charge on any atom is 0.204 e. The highest BCUT2D eigenvalue weighted by Gasteiger charge is 1.95. The van der Waals surface area contributed by atoms with Crippen molar-refractivity contribution in [2.24, 2.45) is 0 Å². The normalized spacial score (nSPS) is 9.30. The van der Waals surface area contributed by atoms with E-state index in [2.05, 4.69) is 15.0 Å². The third kappa shape index (κ3) is 1.83. The van der Waals surface area contributed by atoms with Crippen LogP contribution in [0.5, 0.6) is 0 Å². The van der Waals surface area contributed by atoms with E-state index in [9.17, 15) is 0 Å². The number of nitrogens with zero attached hydrogens (tertiary/aromatic N) is 3. The standard InChI is InChI=1S/C5H6B2N3/c1-2-7-5-9-3-8-4(6)10-5/h3H,2H2,1H3. The number of hydrogen-bond donors (Lipinski definition) is 0. The second kappa shape index (κ2) is 3.34. The SMILES string of the molecule is [B]c1ncnc([B]CC)n1. The lowest BCUT2D eigenvalue weighted by molar-refractivity contribution is 1.13. The van der Waals surface area contributed by atoms with Gasteiger partial charge in [-0.05, 0) is 0 Å². The number of rotatable bonds is 2. The quantitative estimate of drug-likeness (QED) is 0.454. The summed E-state index contributed by atoms with van der Waals surface area (Å²) in [5, 5.41) is 0. The van der Waals surface area contributed by atoms with Crippen molar-refractivity contribution in [2.75, 3.05) is 0 Å². The van der Waals surface area contributed by atoms with Crippen LogP contribution in [0.3, 0.4) is 0 Å². The number of hydrogen-bond acceptors (Lipinski definition) is 3. The van der Waals surface area contributed by atoms with Gasteiger partial charge in [0.2, 0.25) is 7.28 Å².